The second-order valence-electron chi connectivity index (χ2n) is 4.86. The SMILES string of the molecule is Cc1ccc(CO[C@H]2CCCC2N)cc1C. The first-order valence-corrected chi connectivity index (χ1v) is 6.10. The average molecular weight is 219 g/mol. The van der Waals surface area contributed by atoms with Crippen LogP contribution in [0.15, 0.2) is 18.2 Å². The van der Waals surface area contributed by atoms with Crippen LogP contribution in [0.4, 0.5) is 0 Å². The Bertz CT molecular complexity index is 362. The molecule has 1 aromatic carbocycles. The molecule has 1 unspecified atom stereocenters. The number of benzene rings is 1. The molecule has 0 aromatic heterocycles. The fourth-order valence-electron chi connectivity index (χ4n) is 2.26. The standard InChI is InChI=1S/C14H21NO/c1-10-6-7-12(8-11(10)2)9-16-14-5-3-4-13(14)15/h6-8,13-14H,3-5,9,15H2,1-2H3/t13?,14-/m0/s1. The minimum atomic E-state index is 0.242. The van der Waals surface area contributed by atoms with Gasteiger partial charge in [0.15, 0.2) is 0 Å². The molecule has 1 saturated carbocycles. The highest BCUT2D eigenvalue weighted by molar-refractivity contribution is 5.29. The summed E-state index contributed by atoms with van der Waals surface area (Å²) in [6.45, 7) is 4.96. The van der Waals surface area contributed by atoms with Crippen LogP contribution in [0.3, 0.4) is 0 Å². The molecule has 1 aliphatic rings. The predicted molar refractivity (Wildman–Crippen MR) is 66.3 cm³/mol. The fourth-order valence-corrected chi connectivity index (χ4v) is 2.26. The molecule has 2 rings (SSSR count). The summed E-state index contributed by atoms with van der Waals surface area (Å²) in [4.78, 5) is 0. The Morgan fingerprint density at radius 3 is 2.69 bits per heavy atom. The molecule has 2 nitrogen and oxygen atoms in total. The highest BCUT2D eigenvalue weighted by Crippen LogP contribution is 2.21. The molecule has 16 heavy (non-hydrogen) atoms. The maximum absolute atomic E-state index is 5.97. The average Bonchev–Trinajstić information content (AvgIpc) is 2.66. The number of nitrogens with two attached hydrogens (primary N) is 1. The first-order chi connectivity index (χ1) is 7.66. The van der Waals surface area contributed by atoms with Gasteiger partial charge in [0.05, 0.1) is 12.7 Å². The van der Waals surface area contributed by atoms with Gasteiger partial charge in [-0.1, -0.05) is 18.2 Å². The van der Waals surface area contributed by atoms with Crippen LogP contribution in [0.2, 0.25) is 0 Å². The van der Waals surface area contributed by atoms with E-state index in [1.807, 2.05) is 0 Å². The summed E-state index contributed by atoms with van der Waals surface area (Å²) in [7, 11) is 0. The molecule has 0 bridgehead atoms. The smallest absolute Gasteiger partial charge is 0.0730 e. The van der Waals surface area contributed by atoms with Crippen LogP contribution in [0.5, 0.6) is 0 Å². The van der Waals surface area contributed by atoms with Crippen molar-refractivity contribution in [2.45, 2.75) is 51.9 Å². The van der Waals surface area contributed by atoms with E-state index in [0.29, 0.717) is 6.61 Å². The molecule has 2 N–H and O–H groups in total. The molecule has 0 heterocycles. The normalized spacial score (nSPS) is 24.9. The van der Waals surface area contributed by atoms with Gasteiger partial charge in [0.1, 0.15) is 0 Å². The number of ether oxygens (including phenoxy) is 1. The fraction of sp³-hybridized carbons (Fsp3) is 0.571. The van der Waals surface area contributed by atoms with Crippen molar-refractivity contribution in [2.75, 3.05) is 0 Å². The monoisotopic (exact) mass is 219 g/mol. The minimum Gasteiger partial charge on any atom is -0.372 e. The van der Waals surface area contributed by atoms with Gasteiger partial charge >= 0.3 is 0 Å². The summed E-state index contributed by atoms with van der Waals surface area (Å²) in [5, 5.41) is 0. The molecule has 1 aromatic rings. The van der Waals surface area contributed by atoms with Crippen LogP contribution in [0.1, 0.15) is 36.0 Å². The van der Waals surface area contributed by atoms with E-state index in [1.54, 1.807) is 0 Å². The Labute approximate surface area is 97.8 Å². The summed E-state index contributed by atoms with van der Waals surface area (Å²) in [5.74, 6) is 0. The van der Waals surface area contributed by atoms with Crippen molar-refractivity contribution in [1.82, 2.24) is 0 Å². The Kier molecular flexibility index (Phi) is 3.62. The van der Waals surface area contributed by atoms with Gasteiger partial charge in [-0.05, 0) is 49.8 Å². The maximum atomic E-state index is 5.97. The van der Waals surface area contributed by atoms with Gasteiger partial charge in [-0.3, -0.25) is 0 Å². The Hall–Kier alpha value is -0.860. The molecular formula is C14H21NO. The number of aryl methyl sites for hydroxylation is 2. The predicted octanol–water partition coefficient (Wildman–Crippen LogP) is 2.70. The van der Waals surface area contributed by atoms with Crippen LogP contribution in [-0.4, -0.2) is 12.1 Å². The largest absolute Gasteiger partial charge is 0.372 e. The number of hydrogen-bond acceptors (Lipinski definition) is 2. The van der Waals surface area contributed by atoms with Crippen LogP contribution in [0.25, 0.3) is 0 Å². The van der Waals surface area contributed by atoms with Crippen LogP contribution < -0.4 is 5.73 Å². The van der Waals surface area contributed by atoms with Gasteiger partial charge in [0.25, 0.3) is 0 Å². The second-order valence-corrected chi connectivity index (χ2v) is 4.86. The third-order valence-electron chi connectivity index (χ3n) is 3.54. The Balaban J connectivity index is 1.91. The van der Waals surface area contributed by atoms with Gasteiger partial charge in [0, 0.05) is 6.04 Å². The number of hydrogen-bond donors (Lipinski definition) is 1. The second kappa shape index (κ2) is 4.98. The lowest BCUT2D eigenvalue weighted by Gasteiger charge is -2.16. The highest BCUT2D eigenvalue weighted by Gasteiger charge is 2.24. The van der Waals surface area contributed by atoms with E-state index in [0.717, 1.165) is 12.8 Å². The molecule has 2 heteroatoms. The zero-order chi connectivity index (χ0) is 11.5. The van der Waals surface area contributed by atoms with Crippen LogP contribution in [-0.2, 0) is 11.3 Å². The third kappa shape index (κ3) is 2.63. The molecule has 0 radical (unpaired) electrons. The van der Waals surface area contributed by atoms with Crippen LogP contribution >= 0.6 is 0 Å². The van der Waals surface area contributed by atoms with Crippen molar-refractivity contribution < 1.29 is 4.74 Å². The van der Waals surface area contributed by atoms with Crippen molar-refractivity contribution >= 4 is 0 Å². The molecule has 2 atom stereocenters. The molecular weight excluding hydrogens is 198 g/mol. The van der Waals surface area contributed by atoms with E-state index in [1.165, 1.54) is 23.1 Å². The topological polar surface area (TPSA) is 35.2 Å². The van der Waals surface area contributed by atoms with E-state index in [-0.39, 0.29) is 12.1 Å². The van der Waals surface area contributed by atoms with E-state index in [4.69, 9.17) is 10.5 Å². The van der Waals surface area contributed by atoms with Gasteiger partial charge in [-0.15, -0.1) is 0 Å². The lowest BCUT2D eigenvalue weighted by atomic mass is 10.1. The highest BCUT2D eigenvalue weighted by atomic mass is 16.5. The van der Waals surface area contributed by atoms with Gasteiger partial charge in [0.2, 0.25) is 0 Å². The van der Waals surface area contributed by atoms with Gasteiger partial charge in [-0.2, -0.15) is 0 Å². The van der Waals surface area contributed by atoms with E-state index in [2.05, 4.69) is 32.0 Å². The van der Waals surface area contributed by atoms with Crippen LogP contribution in [0, 0.1) is 13.8 Å². The summed E-state index contributed by atoms with van der Waals surface area (Å²) in [6, 6.07) is 6.74. The summed E-state index contributed by atoms with van der Waals surface area (Å²) < 4.78 is 5.87. The summed E-state index contributed by atoms with van der Waals surface area (Å²) in [5.41, 5.74) is 9.89. The van der Waals surface area contributed by atoms with Crippen molar-refractivity contribution in [3.05, 3.63) is 34.9 Å². The van der Waals surface area contributed by atoms with Crippen molar-refractivity contribution in [2.24, 2.45) is 5.73 Å². The Morgan fingerprint density at radius 2 is 2.06 bits per heavy atom. The zero-order valence-corrected chi connectivity index (χ0v) is 10.2. The first-order valence-electron chi connectivity index (χ1n) is 6.10. The van der Waals surface area contributed by atoms with Crippen molar-refractivity contribution in [3.63, 3.8) is 0 Å². The van der Waals surface area contributed by atoms with Gasteiger partial charge < -0.3 is 10.5 Å². The third-order valence-corrected chi connectivity index (χ3v) is 3.54. The molecule has 88 valence electrons. The van der Waals surface area contributed by atoms with E-state index in [9.17, 15) is 0 Å². The van der Waals surface area contributed by atoms with Crippen molar-refractivity contribution in [3.8, 4) is 0 Å². The van der Waals surface area contributed by atoms with E-state index >= 15 is 0 Å². The van der Waals surface area contributed by atoms with Gasteiger partial charge in [-0.25, -0.2) is 0 Å². The van der Waals surface area contributed by atoms with Crippen molar-refractivity contribution in [1.29, 1.82) is 0 Å². The van der Waals surface area contributed by atoms with E-state index < -0.39 is 0 Å². The summed E-state index contributed by atoms with van der Waals surface area (Å²) in [6.07, 6.45) is 3.70. The zero-order valence-electron chi connectivity index (χ0n) is 10.2. The lowest BCUT2D eigenvalue weighted by molar-refractivity contribution is 0.0357. The molecule has 0 spiro atoms. The molecule has 1 aliphatic carbocycles. The Morgan fingerprint density at radius 1 is 1.25 bits per heavy atom. The molecule has 0 saturated heterocycles. The number of rotatable bonds is 3. The molecule has 0 amide bonds. The quantitative estimate of drug-likeness (QED) is 0.848. The maximum Gasteiger partial charge on any atom is 0.0730 e. The molecule has 1 fully saturated rings. The summed E-state index contributed by atoms with van der Waals surface area (Å²) >= 11 is 0. The first kappa shape index (κ1) is 11.6. The molecule has 0 aliphatic heterocycles. The minimum absolute atomic E-state index is 0.242. The lowest BCUT2D eigenvalue weighted by Crippen LogP contribution is -2.31.